The Morgan fingerprint density at radius 3 is 2.55 bits per heavy atom. The number of halogens is 3. The highest BCUT2D eigenvalue weighted by atomic mass is 19.4. The van der Waals surface area contributed by atoms with Gasteiger partial charge in [-0.1, -0.05) is 12.1 Å². The van der Waals surface area contributed by atoms with Crippen molar-refractivity contribution >= 4 is 23.3 Å². The summed E-state index contributed by atoms with van der Waals surface area (Å²) in [4.78, 5) is 31.2. The number of anilines is 2. The van der Waals surface area contributed by atoms with Gasteiger partial charge in [0.1, 0.15) is 5.69 Å². The summed E-state index contributed by atoms with van der Waals surface area (Å²) in [6, 6.07) is 7.77. The minimum atomic E-state index is -4.47. The van der Waals surface area contributed by atoms with Crippen LogP contribution >= 0.6 is 0 Å². The van der Waals surface area contributed by atoms with Crippen LogP contribution in [0.1, 0.15) is 16.8 Å². The third kappa shape index (κ3) is 4.28. The molecule has 0 atom stereocenters. The molecule has 10 heteroatoms. The molecule has 1 aromatic carbocycles. The molecular weight excluding hydrogens is 411 g/mol. The second-order valence-corrected chi connectivity index (χ2v) is 7.66. The van der Waals surface area contributed by atoms with Gasteiger partial charge in [0.2, 0.25) is 5.91 Å². The molecule has 4 rings (SSSR count). The molecule has 1 saturated heterocycles. The van der Waals surface area contributed by atoms with E-state index in [9.17, 15) is 22.8 Å². The Balaban J connectivity index is 1.42. The topological polar surface area (TPSA) is 77.6 Å². The largest absolute Gasteiger partial charge is 0.433 e. The zero-order valence-electron chi connectivity index (χ0n) is 16.9. The lowest BCUT2D eigenvalue weighted by atomic mass is 9.94. The normalized spacial score (nSPS) is 16.4. The first kappa shape index (κ1) is 21.0. The number of nitrogens with one attached hydrogen (secondary N) is 2. The number of rotatable bonds is 3. The predicted octanol–water partition coefficient (Wildman–Crippen LogP) is 3.00. The highest BCUT2D eigenvalue weighted by molar-refractivity contribution is 5.84. The number of alkyl halides is 3. The molecule has 31 heavy (non-hydrogen) atoms. The van der Waals surface area contributed by atoms with E-state index >= 15 is 0 Å². The summed E-state index contributed by atoms with van der Waals surface area (Å²) < 4.78 is 38.1. The van der Waals surface area contributed by atoms with Crippen molar-refractivity contribution in [3.63, 3.8) is 0 Å². The third-order valence-electron chi connectivity index (χ3n) is 5.64. The van der Waals surface area contributed by atoms with Gasteiger partial charge < -0.3 is 20.4 Å². The fourth-order valence-electron chi connectivity index (χ4n) is 3.92. The smallest absolute Gasteiger partial charge is 0.354 e. The number of carbonyl (C=O) groups is 2. The average Bonchev–Trinajstić information content (AvgIpc) is 2.72. The maximum atomic E-state index is 12.8. The van der Waals surface area contributed by atoms with Crippen LogP contribution in [0, 0.1) is 5.92 Å². The first-order chi connectivity index (χ1) is 14.8. The van der Waals surface area contributed by atoms with Crippen molar-refractivity contribution < 1.29 is 22.8 Å². The lowest BCUT2D eigenvalue weighted by Gasteiger charge is -2.41. The van der Waals surface area contributed by atoms with E-state index in [1.807, 2.05) is 18.2 Å². The first-order valence-electron chi connectivity index (χ1n) is 9.92. The highest BCUT2D eigenvalue weighted by Crippen LogP contribution is 2.31. The van der Waals surface area contributed by atoms with Gasteiger partial charge in [-0.2, -0.15) is 13.2 Å². The van der Waals surface area contributed by atoms with Gasteiger partial charge in [-0.3, -0.25) is 4.79 Å². The van der Waals surface area contributed by atoms with Crippen LogP contribution in [0.15, 0.2) is 36.5 Å². The van der Waals surface area contributed by atoms with E-state index < -0.39 is 11.9 Å². The summed E-state index contributed by atoms with van der Waals surface area (Å²) >= 11 is 0. The molecule has 2 N–H and O–H groups in total. The van der Waals surface area contributed by atoms with E-state index in [4.69, 9.17) is 0 Å². The van der Waals surface area contributed by atoms with Crippen LogP contribution in [0.2, 0.25) is 0 Å². The Bertz CT molecular complexity index is 987. The van der Waals surface area contributed by atoms with E-state index in [0.29, 0.717) is 38.3 Å². The Hall–Kier alpha value is -3.30. The van der Waals surface area contributed by atoms with Gasteiger partial charge in [-0.05, 0) is 35.7 Å². The quantitative estimate of drug-likeness (QED) is 0.780. The van der Waals surface area contributed by atoms with Crippen molar-refractivity contribution in [2.75, 3.05) is 32.0 Å². The fraction of sp³-hybridized carbons (Fsp3) is 0.381. The second kappa shape index (κ2) is 8.09. The van der Waals surface area contributed by atoms with Crippen LogP contribution in [-0.4, -0.2) is 53.4 Å². The van der Waals surface area contributed by atoms with Crippen molar-refractivity contribution in [1.82, 2.24) is 20.1 Å². The molecule has 0 saturated carbocycles. The fourth-order valence-corrected chi connectivity index (χ4v) is 3.92. The molecule has 0 bridgehead atoms. The standard InChI is InChI=1S/C21H22F3N5O2/c1-25-20(31)29-11-14(12-29)19(30)28-8-7-16-13(10-28)3-2-4-17(16)27-15-5-6-18(26-9-15)21(22,23)24/h2-6,9,14,27H,7-8,10-12H2,1H3,(H,25,31). The molecule has 2 aromatic rings. The number of hydrogen-bond donors (Lipinski definition) is 2. The molecule has 0 unspecified atom stereocenters. The van der Waals surface area contributed by atoms with Crippen LogP contribution in [0.4, 0.5) is 29.3 Å². The molecule has 3 heterocycles. The number of benzene rings is 1. The molecule has 164 valence electrons. The number of amides is 3. The average molecular weight is 433 g/mol. The summed E-state index contributed by atoms with van der Waals surface area (Å²) in [6.07, 6.45) is -2.68. The van der Waals surface area contributed by atoms with Gasteiger partial charge in [-0.15, -0.1) is 0 Å². The summed E-state index contributed by atoms with van der Waals surface area (Å²) in [6.45, 7) is 1.85. The Labute approximate surface area is 177 Å². The van der Waals surface area contributed by atoms with Gasteiger partial charge in [0.25, 0.3) is 0 Å². The zero-order valence-corrected chi connectivity index (χ0v) is 16.9. The number of urea groups is 1. The number of aromatic nitrogens is 1. The Morgan fingerprint density at radius 2 is 1.90 bits per heavy atom. The molecule has 0 aliphatic carbocycles. The molecule has 0 spiro atoms. The van der Waals surface area contributed by atoms with Gasteiger partial charge in [-0.25, -0.2) is 9.78 Å². The van der Waals surface area contributed by atoms with Crippen LogP contribution in [0.5, 0.6) is 0 Å². The molecule has 1 aromatic heterocycles. The summed E-state index contributed by atoms with van der Waals surface area (Å²) in [7, 11) is 1.56. The summed E-state index contributed by atoms with van der Waals surface area (Å²) in [5.74, 6) is -0.144. The van der Waals surface area contributed by atoms with E-state index in [-0.39, 0.29) is 17.9 Å². The van der Waals surface area contributed by atoms with E-state index in [0.717, 1.165) is 29.1 Å². The molecule has 2 aliphatic heterocycles. The first-order valence-corrected chi connectivity index (χ1v) is 9.92. The van der Waals surface area contributed by atoms with Gasteiger partial charge in [0.15, 0.2) is 0 Å². The highest BCUT2D eigenvalue weighted by Gasteiger charge is 2.38. The van der Waals surface area contributed by atoms with Crippen LogP contribution in [-0.2, 0) is 23.9 Å². The zero-order chi connectivity index (χ0) is 22.2. The molecule has 7 nitrogen and oxygen atoms in total. The van der Waals surface area contributed by atoms with Crippen molar-refractivity contribution in [2.24, 2.45) is 5.92 Å². The second-order valence-electron chi connectivity index (χ2n) is 7.66. The lowest BCUT2D eigenvalue weighted by Crippen LogP contribution is -2.58. The van der Waals surface area contributed by atoms with Crippen molar-refractivity contribution in [2.45, 2.75) is 19.1 Å². The maximum absolute atomic E-state index is 12.8. The SMILES string of the molecule is CNC(=O)N1CC(C(=O)N2CCc3c(cccc3Nc3ccc(C(F)(F)F)nc3)C2)C1. The minimum absolute atomic E-state index is 0.0381. The molecule has 3 amide bonds. The predicted molar refractivity (Wildman–Crippen MR) is 108 cm³/mol. The van der Waals surface area contributed by atoms with Crippen LogP contribution in [0.3, 0.4) is 0 Å². The van der Waals surface area contributed by atoms with Crippen molar-refractivity contribution in [1.29, 1.82) is 0 Å². The number of hydrogen-bond acceptors (Lipinski definition) is 4. The van der Waals surface area contributed by atoms with Gasteiger partial charge in [0.05, 0.1) is 17.8 Å². The molecule has 0 radical (unpaired) electrons. The summed E-state index contributed by atoms with van der Waals surface area (Å²) in [5, 5.41) is 5.69. The monoisotopic (exact) mass is 433 g/mol. The Kier molecular flexibility index (Phi) is 5.47. The van der Waals surface area contributed by atoms with Crippen LogP contribution in [0.25, 0.3) is 0 Å². The third-order valence-corrected chi connectivity index (χ3v) is 5.64. The molecular formula is C21H22F3N5O2. The number of nitrogens with zero attached hydrogens (tertiary/aromatic N) is 3. The molecule has 1 fully saturated rings. The number of fused-ring (bicyclic) bond motifs is 1. The summed E-state index contributed by atoms with van der Waals surface area (Å²) in [5.41, 5.74) is 2.34. The maximum Gasteiger partial charge on any atom is 0.433 e. The van der Waals surface area contributed by atoms with Crippen LogP contribution < -0.4 is 10.6 Å². The minimum Gasteiger partial charge on any atom is -0.354 e. The number of likely N-dealkylation sites (tertiary alicyclic amines) is 1. The lowest BCUT2D eigenvalue weighted by molar-refractivity contribution is -0.141. The van der Waals surface area contributed by atoms with E-state index in [1.54, 1.807) is 16.8 Å². The van der Waals surface area contributed by atoms with Crippen molar-refractivity contribution in [3.8, 4) is 0 Å². The Morgan fingerprint density at radius 1 is 1.13 bits per heavy atom. The van der Waals surface area contributed by atoms with Gasteiger partial charge >= 0.3 is 12.2 Å². The van der Waals surface area contributed by atoms with Gasteiger partial charge in [0, 0.05) is 38.9 Å². The van der Waals surface area contributed by atoms with Crippen molar-refractivity contribution in [3.05, 3.63) is 53.3 Å². The van der Waals surface area contributed by atoms with E-state index in [2.05, 4.69) is 15.6 Å². The number of carbonyl (C=O) groups excluding carboxylic acids is 2. The molecule has 2 aliphatic rings. The van der Waals surface area contributed by atoms with E-state index in [1.165, 1.54) is 6.07 Å². The number of pyridine rings is 1.